The highest BCUT2D eigenvalue weighted by Crippen LogP contribution is 1.83. The van der Waals surface area contributed by atoms with E-state index in [0.29, 0.717) is 5.69 Å². The maximum absolute atomic E-state index is 8.33. The number of hydrogen-bond acceptors (Lipinski definition) is 6. The Morgan fingerprint density at radius 3 is 3.25 bits per heavy atom. The minimum absolute atomic E-state index is 0.0562. The van der Waals surface area contributed by atoms with Gasteiger partial charge in [0.25, 0.3) is 0 Å². The van der Waals surface area contributed by atoms with Crippen LogP contribution in [0.4, 0.5) is 0 Å². The molecule has 0 saturated carbocycles. The topological polar surface area (TPSA) is 80.5 Å². The molecule has 1 N–H and O–H groups in total. The summed E-state index contributed by atoms with van der Waals surface area (Å²) in [4.78, 5) is 4.62. The van der Waals surface area contributed by atoms with Crippen LogP contribution in [0.15, 0.2) is 17.4 Å². The molecule has 0 aliphatic rings. The second-order valence-corrected chi connectivity index (χ2v) is 1.84. The highest BCUT2D eigenvalue weighted by Gasteiger charge is 1.86. The summed E-state index contributed by atoms with van der Waals surface area (Å²) in [6.45, 7) is 0.119. The van der Waals surface area contributed by atoms with Gasteiger partial charge in [-0.2, -0.15) is 0 Å². The SMILES string of the molecule is OCCON=Cc1ccnnn1. The van der Waals surface area contributed by atoms with Gasteiger partial charge in [0.2, 0.25) is 0 Å². The van der Waals surface area contributed by atoms with E-state index in [1.54, 1.807) is 6.07 Å². The van der Waals surface area contributed by atoms with Gasteiger partial charge >= 0.3 is 0 Å². The normalized spacial score (nSPS) is 10.4. The van der Waals surface area contributed by atoms with Crippen molar-refractivity contribution in [1.82, 2.24) is 15.4 Å². The molecule has 0 aromatic carbocycles. The third-order valence-corrected chi connectivity index (χ3v) is 0.966. The van der Waals surface area contributed by atoms with E-state index in [-0.39, 0.29) is 13.2 Å². The van der Waals surface area contributed by atoms with Gasteiger partial charge in [0, 0.05) is 0 Å². The molecular weight excluding hydrogens is 160 g/mol. The summed E-state index contributed by atoms with van der Waals surface area (Å²) in [7, 11) is 0. The summed E-state index contributed by atoms with van der Waals surface area (Å²) in [5, 5.41) is 22.3. The summed E-state index contributed by atoms with van der Waals surface area (Å²) in [5.74, 6) is 0. The highest BCUT2D eigenvalue weighted by atomic mass is 16.6. The molecule has 0 aliphatic heterocycles. The smallest absolute Gasteiger partial charge is 0.140 e. The fourth-order valence-corrected chi connectivity index (χ4v) is 0.504. The second kappa shape index (κ2) is 5.14. The molecule has 1 aromatic rings. The minimum Gasteiger partial charge on any atom is -0.393 e. The first-order valence-corrected chi connectivity index (χ1v) is 3.34. The van der Waals surface area contributed by atoms with Crippen molar-refractivity contribution in [2.75, 3.05) is 13.2 Å². The molecule has 0 amide bonds. The van der Waals surface area contributed by atoms with Crippen LogP contribution in [0.25, 0.3) is 0 Å². The minimum atomic E-state index is -0.0562. The number of nitrogens with zero attached hydrogens (tertiary/aromatic N) is 4. The molecule has 0 aliphatic carbocycles. The van der Waals surface area contributed by atoms with E-state index >= 15 is 0 Å². The molecule has 0 bridgehead atoms. The molecule has 0 fully saturated rings. The van der Waals surface area contributed by atoms with Gasteiger partial charge in [-0.05, 0) is 11.3 Å². The lowest BCUT2D eigenvalue weighted by atomic mass is 10.5. The van der Waals surface area contributed by atoms with Crippen LogP contribution < -0.4 is 0 Å². The van der Waals surface area contributed by atoms with Gasteiger partial charge in [-0.25, -0.2) is 0 Å². The largest absolute Gasteiger partial charge is 0.393 e. The summed E-state index contributed by atoms with van der Waals surface area (Å²) in [6, 6.07) is 1.64. The molecule has 0 radical (unpaired) electrons. The lowest BCUT2D eigenvalue weighted by Gasteiger charge is -1.92. The molecule has 6 nitrogen and oxygen atoms in total. The average Bonchev–Trinajstić information content (AvgIpc) is 2.14. The van der Waals surface area contributed by atoms with Crippen molar-refractivity contribution in [3.8, 4) is 0 Å². The third kappa shape index (κ3) is 3.02. The van der Waals surface area contributed by atoms with Crippen LogP contribution in [0.1, 0.15) is 5.69 Å². The van der Waals surface area contributed by atoms with Gasteiger partial charge in [-0.1, -0.05) is 5.16 Å². The molecule has 0 atom stereocenters. The molecule has 0 saturated heterocycles. The predicted molar refractivity (Wildman–Crippen MR) is 40.5 cm³/mol. The maximum atomic E-state index is 8.33. The van der Waals surface area contributed by atoms with Crippen LogP contribution in [-0.2, 0) is 4.84 Å². The fraction of sp³-hybridized carbons (Fsp3) is 0.333. The molecule has 64 valence electrons. The first kappa shape index (κ1) is 8.54. The third-order valence-electron chi connectivity index (χ3n) is 0.966. The van der Waals surface area contributed by atoms with Crippen LogP contribution >= 0.6 is 0 Å². The first-order valence-electron chi connectivity index (χ1n) is 3.34. The van der Waals surface area contributed by atoms with Crippen LogP contribution in [0.3, 0.4) is 0 Å². The molecule has 1 aromatic heterocycles. The number of hydrogen-bond donors (Lipinski definition) is 1. The Morgan fingerprint density at radius 2 is 2.58 bits per heavy atom. The lowest BCUT2D eigenvalue weighted by Crippen LogP contribution is -1.96. The van der Waals surface area contributed by atoms with Crippen molar-refractivity contribution in [1.29, 1.82) is 0 Å². The average molecular weight is 168 g/mol. The molecule has 1 rings (SSSR count). The number of aromatic nitrogens is 3. The molecule has 0 spiro atoms. The quantitative estimate of drug-likeness (QED) is 0.362. The Hall–Kier alpha value is -1.56. The van der Waals surface area contributed by atoms with Gasteiger partial charge < -0.3 is 9.94 Å². The maximum Gasteiger partial charge on any atom is 0.140 e. The zero-order valence-corrected chi connectivity index (χ0v) is 6.29. The van der Waals surface area contributed by atoms with Crippen molar-refractivity contribution in [2.24, 2.45) is 5.16 Å². The number of aliphatic hydroxyl groups excluding tert-OH is 1. The van der Waals surface area contributed by atoms with Crippen molar-refractivity contribution in [3.05, 3.63) is 18.0 Å². The van der Waals surface area contributed by atoms with E-state index in [4.69, 9.17) is 5.11 Å². The zero-order valence-electron chi connectivity index (χ0n) is 6.29. The zero-order chi connectivity index (χ0) is 8.65. The van der Waals surface area contributed by atoms with E-state index in [1.165, 1.54) is 12.4 Å². The predicted octanol–water partition coefficient (Wildman–Crippen LogP) is -0.786. The van der Waals surface area contributed by atoms with Crippen molar-refractivity contribution < 1.29 is 9.94 Å². The van der Waals surface area contributed by atoms with E-state index in [9.17, 15) is 0 Å². The first-order chi connectivity index (χ1) is 5.93. The standard InChI is InChI=1S/C6H8N4O2/c11-3-4-12-8-5-6-1-2-7-10-9-6/h1-2,5,11H,3-4H2. The van der Waals surface area contributed by atoms with Crippen molar-refractivity contribution >= 4 is 6.21 Å². The Balaban J connectivity index is 2.36. The number of aliphatic hydroxyl groups is 1. The lowest BCUT2D eigenvalue weighted by molar-refractivity contribution is 0.0997. The summed E-state index contributed by atoms with van der Waals surface area (Å²) < 4.78 is 0. The molecule has 6 heteroatoms. The number of rotatable bonds is 4. The van der Waals surface area contributed by atoms with Crippen LogP contribution in [-0.4, -0.2) is 39.9 Å². The van der Waals surface area contributed by atoms with E-state index in [2.05, 4.69) is 25.4 Å². The summed E-state index contributed by atoms with van der Waals surface area (Å²) in [6.07, 6.45) is 2.89. The molecular formula is C6H8N4O2. The highest BCUT2D eigenvalue weighted by molar-refractivity contribution is 5.75. The summed E-state index contributed by atoms with van der Waals surface area (Å²) in [5.41, 5.74) is 0.558. The summed E-state index contributed by atoms with van der Waals surface area (Å²) >= 11 is 0. The van der Waals surface area contributed by atoms with E-state index < -0.39 is 0 Å². The fourth-order valence-electron chi connectivity index (χ4n) is 0.504. The van der Waals surface area contributed by atoms with E-state index in [0.717, 1.165) is 0 Å². The van der Waals surface area contributed by atoms with Crippen LogP contribution in [0.2, 0.25) is 0 Å². The Kier molecular flexibility index (Phi) is 3.65. The van der Waals surface area contributed by atoms with Crippen LogP contribution in [0, 0.1) is 0 Å². The molecule has 12 heavy (non-hydrogen) atoms. The van der Waals surface area contributed by atoms with Gasteiger partial charge in [0.1, 0.15) is 12.3 Å². The van der Waals surface area contributed by atoms with Gasteiger partial charge in [-0.3, -0.25) is 0 Å². The van der Waals surface area contributed by atoms with Crippen molar-refractivity contribution in [3.63, 3.8) is 0 Å². The van der Waals surface area contributed by atoms with Crippen LogP contribution in [0.5, 0.6) is 0 Å². The van der Waals surface area contributed by atoms with Gasteiger partial charge in [0.05, 0.1) is 19.0 Å². The Bertz CT molecular complexity index is 239. The van der Waals surface area contributed by atoms with Gasteiger partial charge in [0.15, 0.2) is 0 Å². The Morgan fingerprint density at radius 1 is 1.67 bits per heavy atom. The monoisotopic (exact) mass is 168 g/mol. The van der Waals surface area contributed by atoms with Crippen molar-refractivity contribution in [2.45, 2.75) is 0 Å². The second-order valence-electron chi connectivity index (χ2n) is 1.84. The van der Waals surface area contributed by atoms with Gasteiger partial charge in [-0.15, -0.1) is 10.2 Å². The molecule has 1 heterocycles. The molecule has 0 unspecified atom stereocenters. The number of oxime groups is 1. The Labute approximate surface area is 68.9 Å². The van der Waals surface area contributed by atoms with E-state index in [1.807, 2.05) is 0 Å².